The van der Waals surface area contributed by atoms with Crippen molar-refractivity contribution in [3.8, 4) is 17.6 Å². The Bertz CT molecular complexity index is 2070. The lowest BCUT2D eigenvalue weighted by Gasteiger charge is -2.39. The third-order valence-corrected chi connectivity index (χ3v) is 13.1. The molecule has 1 aromatic heterocycles. The van der Waals surface area contributed by atoms with Gasteiger partial charge in [0, 0.05) is 18.0 Å². The first-order valence-corrected chi connectivity index (χ1v) is 21.7. The van der Waals surface area contributed by atoms with Gasteiger partial charge in [0.1, 0.15) is 22.8 Å². The second kappa shape index (κ2) is 20.0. The van der Waals surface area contributed by atoms with Crippen LogP contribution in [0.1, 0.15) is 77.5 Å². The largest absolute Gasteiger partial charge is 0.497 e. The van der Waals surface area contributed by atoms with Crippen LogP contribution in [-0.2, 0) is 24.2 Å². The highest BCUT2D eigenvalue weighted by Gasteiger charge is 2.46. The molecule has 3 N–H and O–H groups in total. The second-order valence-electron chi connectivity index (χ2n) is 16.0. The third kappa shape index (κ3) is 9.78. The average molecular weight is 840 g/mol. The predicted octanol–water partition coefficient (Wildman–Crippen LogP) is 8.02. The van der Waals surface area contributed by atoms with E-state index in [4.69, 9.17) is 28.2 Å². The molecule has 14 nitrogen and oxygen atoms in total. The van der Waals surface area contributed by atoms with Crippen LogP contribution >= 0.6 is 8.53 Å². The van der Waals surface area contributed by atoms with E-state index in [1.807, 2.05) is 66.7 Å². The van der Waals surface area contributed by atoms with Crippen molar-refractivity contribution in [1.29, 1.82) is 5.26 Å². The fraction of sp³-hybridized carbons (Fsp3) is 0.467. The summed E-state index contributed by atoms with van der Waals surface area (Å²) in [5.74, 6) is 1.40. The van der Waals surface area contributed by atoms with Gasteiger partial charge >= 0.3 is 0 Å². The Kier molecular flexibility index (Phi) is 14.9. The van der Waals surface area contributed by atoms with Gasteiger partial charge in [0.2, 0.25) is 11.9 Å². The molecule has 1 aliphatic carbocycles. The summed E-state index contributed by atoms with van der Waals surface area (Å²) >= 11 is 0. The van der Waals surface area contributed by atoms with Gasteiger partial charge in [-0.05, 0) is 87.4 Å². The minimum atomic E-state index is -1.61. The molecule has 0 bridgehead atoms. The van der Waals surface area contributed by atoms with Gasteiger partial charge in [-0.25, -0.2) is 4.67 Å². The number of aromatic amines is 1. The molecule has 1 aliphatic heterocycles. The zero-order chi connectivity index (χ0) is 43.0. The van der Waals surface area contributed by atoms with Crippen molar-refractivity contribution in [3.63, 3.8) is 0 Å². The van der Waals surface area contributed by atoms with Gasteiger partial charge in [-0.3, -0.25) is 19.9 Å². The molecular weight excluding hydrogens is 782 g/mol. The monoisotopic (exact) mass is 839 g/mol. The molecule has 4 aromatic rings. The van der Waals surface area contributed by atoms with Gasteiger partial charge in [0.15, 0.2) is 5.82 Å². The maximum absolute atomic E-state index is 13.4. The maximum Gasteiger partial charge on any atom is 0.277 e. The highest BCUT2D eigenvalue weighted by atomic mass is 31.2. The number of anilines is 3. The number of methoxy groups -OCH3 is 2. The van der Waals surface area contributed by atoms with Crippen molar-refractivity contribution in [2.75, 3.05) is 49.6 Å². The lowest BCUT2D eigenvalue weighted by atomic mass is 9.80. The summed E-state index contributed by atoms with van der Waals surface area (Å²) in [6.45, 7) is 12.9. The van der Waals surface area contributed by atoms with E-state index in [0.717, 1.165) is 28.2 Å². The zero-order valence-corrected chi connectivity index (χ0v) is 36.7. The summed E-state index contributed by atoms with van der Waals surface area (Å²) in [6, 6.07) is 28.3. The van der Waals surface area contributed by atoms with Gasteiger partial charge in [-0.1, -0.05) is 68.4 Å². The standard InChI is InChI=1S/C45H58N7O7P/c1-29(2)42(53)49-44-48-41-40(43(54)50-44)47-28-51(41)38-25-32(26-39(38)59-60(58-24-12-23-46)52(30(3)4)31(5)6)27-57-45(33-13-10-9-11-14-33,34-15-19-36(55-7)20-16-34)35-17-21-37(56-8)22-18-35/h9-11,13-22,29-32,38-39,47H,12,24-28H2,1-8H3,(H2,48,49,50,53,54)/t32?,38?,39-,60?/m1/s1. The van der Waals surface area contributed by atoms with Crippen LogP contribution in [0.3, 0.4) is 0 Å². The Hall–Kier alpha value is -5.03. The fourth-order valence-electron chi connectivity index (χ4n) is 8.04. The molecule has 2 aliphatic rings. The highest BCUT2D eigenvalue weighted by Crippen LogP contribution is 2.52. The predicted molar refractivity (Wildman–Crippen MR) is 234 cm³/mol. The Balaban J connectivity index is 1.40. The van der Waals surface area contributed by atoms with Crippen LogP contribution in [0.4, 0.5) is 17.5 Å². The SMILES string of the molecule is COc1ccc(C(OCC2CC(N3CNc4c3nc(NC(=O)C(C)C)[nH]c4=O)[C@H](OP(OCCC#N)N(C(C)C)C(C)C)C2)(c2ccccc2)c2ccc(OC)cc2)cc1. The molecule has 4 atom stereocenters. The molecule has 1 fully saturated rings. The first-order valence-electron chi connectivity index (χ1n) is 20.6. The molecule has 0 radical (unpaired) electrons. The Morgan fingerprint density at radius 3 is 2.08 bits per heavy atom. The summed E-state index contributed by atoms with van der Waals surface area (Å²) < 4.78 is 34.3. The summed E-state index contributed by atoms with van der Waals surface area (Å²) in [5, 5.41) is 15.4. The summed E-state index contributed by atoms with van der Waals surface area (Å²) in [7, 11) is 1.69. The van der Waals surface area contributed by atoms with E-state index in [9.17, 15) is 14.9 Å². The van der Waals surface area contributed by atoms with E-state index in [2.05, 4.69) is 71.1 Å². The topological polar surface area (TPSA) is 163 Å². The first kappa shape index (κ1) is 44.5. The number of hydrogen-bond donors (Lipinski definition) is 3. The van der Waals surface area contributed by atoms with Crippen molar-refractivity contribution in [2.24, 2.45) is 11.8 Å². The third-order valence-electron chi connectivity index (χ3n) is 10.9. The fourth-order valence-corrected chi connectivity index (χ4v) is 9.80. The molecule has 3 unspecified atom stereocenters. The number of nitrogens with one attached hydrogen (secondary N) is 3. The van der Waals surface area contributed by atoms with Crippen LogP contribution in [0, 0.1) is 23.2 Å². The second-order valence-corrected chi connectivity index (χ2v) is 17.4. The Labute approximate surface area is 354 Å². The minimum absolute atomic E-state index is 0.0201. The maximum atomic E-state index is 13.4. The number of ether oxygens (including phenoxy) is 3. The van der Waals surface area contributed by atoms with Gasteiger partial charge in [-0.15, -0.1) is 0 Å². The number of nitriles is 1. The van der Waals surface area contributed by atoms with E-state index >= 15 is 0 Å². The number of H-pyrrole nitrogens is 1. The molecule has 0 saturated heterocycles. The first-order chi connectivity index (χ1) is 28.9. The minimum Gasteiger partial charge on any atom is -0.497 e. The molecule has 15 heteroatoms. The van der Waals surface area contributed by atoms with E-state index in [0.29, 0.717) is 37.6 Å². The van der Waals surface area contributed by atoms with Crippen molar-refractivity contribution in [2.45, 2.75) is 90.6 Å². The average Bonchev–Trinajstić information content (AvgIpc) is 3.85. The lowest BCUT2D eigenvalue weighted by Crippen LogP contribution is -2.43. The number of aromatic nitrogens is 2. The van der Waals surface area contributed by atoms with Gasteiger partial charge < -0.3 is 33.5 Å². The summed E-state index contributed by atoms with van der Waals surface area (Å²) in [6.07, 6.45) is 1.09. The van der Waals surface area contributed by atoms with Gasteiger partial charge in [0.05, 0.1) is 58.7 Å². The Morgan fingerprint density at radius 2 is 1.53 bits per heavy atom. The summed E-state index contributed by atoms with van der Waals surface area (Å²) in [4.78, 5) is 35.7. The van der Waals surface area contributed by atoms with Crippen LogP contribution in [0.15, 0.2) is 83.7 Å². The van der Waals surface area contributed by atoms with Crippen LogP contribution in [0.2, 0.25) is 0 Å². The Morgan fingerprint density at radius 1 is 0.933 bits per heavy atom. The van der Waals surface area contributed by atoms with E-state index < -0.39 is 14.1 Å². The number of carbonyl (C=O) groups excluding carboxylic acids is 1. The van der Waals surface area contributed by atoms with Crippen molar-refractivity contribution < 1.29 is 28.1 Å². The molecule has 6 rings (SSSR count). The van der Waals surface area contributed by atoms with Gasteiger partial charge in [-0.2, -0.15) is 10.2 Å². The van der Waals surface area contributed by atoms with E-state index in [1.165, 1.54) is 0 Å². The van der Waals surface area contributed by atoms with Crippen LogP contribution in [0.5, 0.6) is 11.5 Å². The van der Waals surface area contributed by atoms with Crippen molar-refractivity contribution in [3.05, 3.63) is 106 Å². The van der Waals surface area contributed by atoms with Crippen molar-refractivity contribution in [1.82, 2.24) is 14.6 Å². The number of carbonyl (C=O) groups is 1. The molecule has 3 aromatic carbocycles. The molecule has 0 spiro atoms. The van der Waals surface area contributed by atoms with E-state index in [1.54, 1.807) is 28.1 Å². The van der Waals surface area contributed by atoms with Crippen molar-refractivity contribution >= 4 is 31.9 Å². The molecule has 320 valence electrons. The number of benzene rings is 3. The molecule has 1 amide bonds. The van der Waals surface area contributed by atoms with Crippen LogP contribution in [0.25, 0.3) is 0 Å². The zero-order valence-electron chi connectivity index (χ0n) is 35.8. The normalized spacial score (nSPS) is 18.1. The number of hydrogen-bond acceptors (Lipinski definition) is 12. The number of fused-ring (bicyclic) bond motifs is 1. The molecule has 2 heterocycles. The lowest BCUT2D eigenvalue weighted by molar-refractivity contribution is -0.118. The molecular formula is C45H58N7O7P. The van der Waals surface area contributed by atoms with Crippen LogP contribution < -0.4 is 30.6 Å². The number of rotatable bonds is 19. The smallest absolute Gasteiger partial charge is 0.277 e. The molecule has 60 heavy (non-hydrogen) atoms. The highest BCUT2D eigenvalue weighted by molar-refractivity contribution is 7.44. The number of nitrogens with zero attached hydrogens (tertiary/aromatic N) is 4. The number of amides is 1. The van der Waals surface area contributed by atoms with Gasteiger partial charge in [0.25, 0.3) is 14.1 Å². The quantitative estimate of drug-likeness (QED) is 0.0474. The molecule has 1 saturated carbocycles. The van der Waals surface area contributed by atoms with Crippen LogP contribution in [-0.4, -0.2) is 78.9 Å². The van der Waals surface area contributed by atoms with E-state index in [-0.39, 0.29) is 66.5 Å². The summed E-state index contributed by atoms with van der Waals surface area (Å²) in [5.41, 5.74) is 1.75.